The third-order valence-corrected chi connectivity index (χ3v) is 13.5. The zero-order valence-corrected chi connectivity index (χ0v) is 41.5. The zero-order chi connectivity index (χ0) is 47.2. The zero-order valence-electron chi connectivity index (χ0n) is 41.5. The number of nitrogens with one attached hydrogen (secondary N) is 1. The van der Waals surface area contributed by atoms with Gasteiger partial charge in [0.05, 0.1) is 17.9 Å². The third kappa shape index (κ3) is 18.7. The fourth-order valence-corrected chi connectivity index (χ4v) is 10.7. The lowest BCUT2D eigenvalue weighted by Gasteiger charge is -2.35. The van der Waals surface area contributed by atoms with Gasteiger partial charge in [0.25, 0.3) is 0 Å². The van der Waals surface area contributed by atoms with Gasteiger partial charge in [-0.15, -0.1) is 0 Å². The van der Waals surface area contributed by atoms with Gasteiger partial charge in [0.2, 0.25) is 23.6 Å². The standard InChI is InChI=1S/C30H52N4O4.C22H32N2O2.4CH4/c1-9-24(34-15-12-10-11-13-27(34)36)18-25(33-16-14-31-21-33)19-26(38-23(3)35)17-22(2)28(37)32-30(7,8)20-29(4,5)6;1-4-6-9-17-10-12-18(13-11-17)24-21(25)16(3)20(22(24)26)19(5-2)23-14-7-8-15-23;;;;/h14,16,21-22,24-26H,9-13,15,17-20H2,1-8H3,(H,32,37);10-13,16,19-20H,4-9,14-15H2,1-3H3;4*1H4. The third-order valence-electron chi connectivity index (χ3n) is 13.5. The molecule has 390 valence electrons. The number of rotatable bonds is 20. The molecule has 0 bridgehead atoms. The van der Waals surface area contributed by atoms with Crippen LogP contribution < -0.4 is 10.2 Å². The Balaban J connectivity index is 0.00000132. The molecule has 7 atom stereocenters. The van der Waals surface area contributed by atoms with Crippen LogP contribution in [-0.4, -0.2) is 92.3 Å². The maximum atomic E-state index is 13.2. The highest BCUT2D eigenvalue weighted by Gasteiger charge is 2.50. The molecular weight excluding hydrogens is 853 g/mol. The van der Waals surface area contributed by atoms with Crippen molar-refractivity contribution in [3.63, 3.8) is 0 Å². The van der Waals surface area contributed by atoms with E-state index < -0.39 is 6.10 Å². The molecule has 2 aromatic rings. The maximum Gasteiger partial charge on any atom is 0.302 e. The van der Waals surface area contributed by atoms with Crippen molar-refractivity contribution in [1.29, 1.82) is 0 Å². The van der Waals surface area contributed by atoms with Crippen LogP contribution >= 0.6 is 0 Å². The van der Waals surface area contributed by atoms with Gasteiger partial charge in [-0.3, -0.25) is 33.8 Å². The Morgan fingerprint density at radius 1 is 0.824 bits per heavy atom. The minimum absolute atomic E-state index is 0. The lowest BCUT2D eigenvalue weighted by Crippen LogP contribution is -2.48. The normalized spacial score (nSPS) is 19.9. The second kappa shape index (κ2) is 29.9. The molecule has 0 spiro atoms. The summed E-state index contributed by atoms with van der Waals surface area (Å²) in [5.74, 6) is -0.985. The minimum Gasteiger partial charge on any atom is -0.462 e. The summed E-state index contributed by atoms with van der Waals surface area (Å²) in [5.41, 5.74) is 1.74. The van der Waals surface area contributed by atoms with Crippen molar-refractivity contribution < 1.29 is 28.7 Å². The van der Waals surface area contributed by atoms with Gasteiger partial charge in [0.1, 0.15) is 6.10 Å². The number of imidazole rings is 1. The highest BCUT2D eigenvalue weighted by atomic mass is 16.5. The van der Waals surface area contributed by atoms with Crippen molar-refractivity contribution in [2.45, 2.75) is 232 Å². The van der Waals surface area contributed by atoms with Gasteiger partial charge in [0.15, 0.2) is 0 Å². The van der Waals surface area contributed by atoms with Crippen LogP contribution in [0.15, 0.2) is 43.0 Å². The van der Waals surface area contributed by atoms with Crippen molar-refractivity contribution in [2.75, 3.05) is 24.5 Å². The van der Waals surface area contributed by atoms with E-state index >= 15 is 0 Å². The molecule has 0 radical (unpaired) electrons. The second-order valence-corrected chi connectivity index (χ2v) is 20.9. The van der Waals surface area contributed by atoms with Gasteiger partial charge in [-0.1, -0.05) is 110 Å². The summed E-state index contributed by atoms with van der Waals surface area (Å²) in [6, 6.07) is 8.25. The predicted molar refractivity (Wildman–Crippen MR) is 282 cm³/mol. The number of aryl methyl sites for hydroxylation is 1. The molecule has 68 heavy (non-hydrogen) atoms. The first-order chi connectivity index (χ1) is 30.3. The van der Waals surface area contributed by atoms with E-state index in [2.05, 4.69) is 92.2 Å². The van der Waals surface area contributed by atoms with Crippen LogP contribution in [0.1, 0.15) is 207 Å². The number of esters is 1. The average Bonchev–Trinajstić information content (AvgIpc) is 3.97. The van der Waals surface area contributed by atoms with Gasteiger partial charge in [-0.2, -0.15) is 0 Å². The summed E-state index contributed by atoms with van der Waals surface area (Å²) in [7, 11) is 0. The van der Waals surface area contributed by atoms with Gasteiger partial charge in [-0.05, 0) is 121 Å². The fourth-order valence-electron chi connectivity index (χ4n) is 10.7. The second-order valence-electron chi connectivity index (χ2n) is 20.9. The van der Waals surface area contributed by atoms with Crippen molar-refractivity contribution in [3.8, 4) is 0 Å². The molecule has 1 aromatic heterocycles. The number of ether oxygens (including phenoxy) is 1. The number of carbonyl (C=O) groups excluding carboxylic acids is 5. The van der Waals surface area contributed by atoms with Crippen LogP contribution in [0, 0.1) is 23.2 Å². The SMILES string of the molecule is C.C.C.C.CCC(CC(CC(CC(C)C(=O)NC(C)(C)CC(C)(C)C)OC(C)=O)n1ccnc1)N1CCCCCC1=O.CCCCc1ccc(N2C(=O)C(C)C(C(CC)N3CCCC3)C2=O)cc1. The van der Waals surface area contributed by atoms with Crippen LogP contribution in [0.3, 0.4) is 0 Å². The summed E-state index contributed by atoms with van der Waals surface area (Å²) >= 11 is 0. The number of benzene rings is 1. The Labute approximate surface area is 415 Å². The van der Waals surface area contributed by atoms with Crippen molar-refractivity contribution >= 4 is 35.3 Å². The van der Waals surface area contributed by atoms with Crippen LogP contribution in [0.2, 0.25) is 0 Å². The van der Waals surface area contributed by atoms with Gasteiger partial charge >= 0.3 is 5.97 Å². The van der Waals surface area contributed by atoms with Crippen LogP contribution in [0.25, 0.3) is 0 Å². The Morgan fingerprint density at radius 3 is 2.00 bits per heavy atom. The van der Waals surface area contributed by atoms with Crippen molar-refractivity contribution in [2.24, 2.45) is 23.2 Å². The Hall–Kier alpha value is -4.06. The number of imide groups is 1. The molecule has 3 fully saturated rings. The van der Waals surface area contributed by atoms with E-state index in [1.807, 2.05) is 32.2 Å². The highest BCUT2D eigenvalue weighted by molar-refractivity contribution is 6.22. The quantitative estimate of drug-likeness (QED) is 0.102. The van der Waals surface area contributed by atoms with Crippen LogP contribution in [0.4, 0.5) is 5.69 Å². The molecule has 0 saturated carbocycles. The van der Waals surface area contributed by atoms with E-state index in [1.54, 1.807) is 12.5 Å². The molecule has 4 heterocycles. The van der Waals surface area contributed by atoms with Crippen LogP contribution in [-0.2, 0) is 35.1 Å². The van der Waals surface area contributed by atoms with Gasteiger partial charge in [-0.25, -0.2) is 4.98 Å². The number of nitrogens with zero attached hydrogens (tertiary/aromatic N) is 5. The molecule has 0 aliphatic carbocycles. The Kier molecular flexibility index (Phi) is 28.1. The largest absolute Gasteiger partial charge is 0.462 e. The van der Waals surface area contributed by atoms with Crippen LogP contribution in [0.5, 0.6) is 0 Å². The van der Waals surface area contributed by atoms with E-state index in [-0.39, 0.29) is 106 Å². The first-order valence-electron chi connectivity index (χ1n) is 24.8. The molecule has 3 aliphatic rings. The molecule has 7 unspecified atom stereocenters. The Bertz CT molecular complexity index is 1780. The lowest BCUT2D eigenvalue weighted by atomic mass is 9.81. The first kappa shape index (κ1) is 63.9. The average molecular weight is 953 g/mol. The van der Waals surface area contributed by atoms with E-state index in [0.717, 1.165) is 83.1 Å². The molecule has 3 aliphatic heterocycles. The molecule has 5 rings (SSSR count). The molecule has 4 amide bonds. The number of hydrogen-bond acceptors (Lipinski definition) is 8. The molecule has 3 saturated heterocycles. The summed E-state index contributed by atoms with van der Waals surface area (Å²) in [6.45, 7) is 25.2. The van der Waals surface area contributed by atoms with E-state index in [0.29, 0.717) is 19.3 Å². The number of aromatic nitrogens is 2. The summed E-state index contributed by atoms with van der Waals surface area (Å²) in [6.07, 6.45) is 18.8. The maximum absolute atomic E-state index is 13.2. The summed E-state index contributed by atoms with van der Waals surface area (Å²) in [5, 5.41) is 3.21. The number of anilines is 1. The lowest BCUT2D eigenvalue weighted by molar-refractivity contribution is -0.149. The highest BCUT2D eigenvalue weighted by Crippen LogP contribution is 2.37. The monoisotopic (exact) mass is 953 g/mol. The summed E-state index contributed by atoms with van der Waals surface area (Å²) in [4.78, 5) is 74.4. The van der Waals surface area contributed by atoms with E-state index in [9.17, 15) is 24.0 Å². The smallest absolute Gasteiger partial charge is 0.302 e. The Morgan fingerprint density at radius 2 is 1.46 bits per heavy atom. The topological polar surface area (TPSA) is 134 Å². The van der Waals surface area contributed by atoms with Gasteiger partial charge < -0.3 is 19.5 Å². The van der Waals surface area contributed by atoms with Gasteiger partial charge in [0, 0.05) is 74.2 Å². The van der Waals surface area contributed by atoms with Crippen molar-refractivity contribution in [3.05, 3.63) is 48.5 Å². The number of hydrogen-bond donors (Lipinski definition) is 1. The predicted octanol–water partition coefficient (Wildman–Crippen LogP) is 12.2. The number of carbonyl (C=O) groups is 5. The first-order valence-corrected chi connectivity index (χ1v) is 24.8. The van der Waals surface area contributed by atoms with E-state index in [4.69, 9.17) is 4.74 Å². The molecule has 1 N–H and O–H groups in total. The van der Waals surface area contributed by atoms with E-state index in [1.165, 1.54) is 36.6 Å². The van der Waals surface area contributed by atoms with Crippen molar-refractivity contribution in [1.82, 2.24) is 24.7 Å². The number of unbranched alkanes of at least 4 members (excludes halogenated alkanes) is 1. The molecule has 1 aromatic carbocycles. The molecule has 12 heteroatoms. The fraction of sp³-hybridized carbons (Fsp3) is 0.750. The number of likely N-dealkylation sites (tertiary alicyclic amines) is 2. The number of amides is 4. The molecule has 12 nitrogen and oxygen atoms in total. The molecular formula is C56H100N6O6. The summed E-state index contributed by atoms with van der Waals surface area (Å²) < 4.78 is 7.83. The minimum atomic E-state index is -0.427.